The first-order chi connectivity index (χ1) is 8.07. The molecule has 0 bridgehead atoms. The quantitative estimate of drug-likeness (QED) is 0.813. The van der Waals surface area contributed by atoms with Crippen LogP contribution in [0.4, 0.5) is 0 Å². The number of benzene rings is 1. The van der Waals surface area contributed by atoms with Crippen molar-refractivity contribution < 1.29 is 0 Å². The molecule has 0 saturated carbocycles. The fourth-order valence-corrected chi connectivity index (χ4v) is 3.20. The molecule has 17 heavy (non-hydrogen) atoms. The second-order valence-electron chi connectivity index (χ2n) is 5.81. The zero-order valence-corrected chi connectivity index (χ0v) is 11.9. The van der Waals surface area contributed by atoms with E-state index in [9.17, 15) is 0 Å². The van der Waals surface area contributed by atoms with Crippen LogP contribution in [0.5, 0.6) is 0 Å². The van der Waals surface area contributed by atoms with Crippen molar-refractivity contribution in [1.82, 2.24) is 5.32 Å². The third-order valence-corrected chi connectivity index (χ3v) is 4.47. The first-order valence-electron chi connectivity index (χ1n) is 6.49. The number of rotatable bonds is 1. The van der Waals surface area contributed by atoms with E-state index in [2.05, 4.69) is 62.1 Å². The van der Waals surface area contributed by atoms with Crippen molar-refractivity contribution in [2.75, 3.05) is 18.1 Å². The SMILES string of the molecule is CC(C)(C)c1ccc(C2CSCCCN2)cc1. The van der Waals surface area contributed by atoms with Crippen LogP contribution in [0.2, 0.25) is 0 Å². The van der Waals surface area contributed by atoms with E-state index >= 15 is 0 Å². The van der Waals surface area contributed by atoms with Gasteiger partial charge >= 0.3 is 0 Å². The van der Waals surface area contributed by atoms with Gasteiger partial charge in [0.15, 0.2) is 0 Å². The number of hydrogen-bond donors (Lipinski definition) is 1. The van der Waals surface area contributed by atoms with E-state index in [-0.39, 0.29) is 5.41 Å². The summed E-state index contributed by atoms with van der Waals surface area (Å²) in [7, 11) is 0. The average Bonchev–Trinajstić information content (AvgIpc) is 2.56. The van der Waals surface area contributed by atoms with Crippen molar-refractivity contribution in [3.8, 4) is 0 Å². The Morgan fingerprint density at radius 3 is 2.53 bits per heavy atom. The van der Waals surface area contributed by atoms with Gasteiger partial charge in [-0.3, -0.25) is 0 Å². The average molecular weight is 249 g/mol. The molecule has 0 aromatic heterocycles. The van der Waals surface area contributed by atoms with Crippen LogP contribution in [0.1, 0.15) is 44.4 Å². The van der Waals surface area contributed by atoms with Gasteiger partial charge in [0.1, 0.15) is 0 Å². The summed E-state index contributed by atoms with van der Waals surface area (Å²) in [4.78, 5) is 0. The van der Waals surface area contributed by atoms with Crippen LogP contribution in [-0.2, 0) is 5.41 Å². The number of hydrogen-bond acceptors (Lipinski definition) is 2. The zero-order chi connectivity index (χ0) is 12.3. The lowest BCUT2D eigenvalue weighted by molar-refractivity contribution is 0.580. The van der Waals surface area contributed by atoms with Crippen molar-refractivity contribution in [3.05, 3.63) is 35.4 Å². The van der Waals surface area contributed by atoms with Crippen molar-refractivity contribution in [3.63, 3.8) is 0 Å². The van der Waals surface area contributed by atoms with E-state index in [4.69, 9.17) is 0 Å². The molecular formula is C15H23NS. The van der Waals surface area contributed by atoms with Gasteiger partial charge in [-0.2, -0.15) is 11.8 Å². The third kappa shape index (κ3) is 3.49. The van der Waals surface area contributed by atoms with Gasteiger partial charge in [-0.05, 0) is 35.3 Å². The summed E-state index contributed by atoms with van der Waals surface area (Å²) in [6, 6.07) is 9.70. The van der Waals surface area contributed by atoms with Gasteiger partial charge in [0.05, 0.1) is 0 Å². The second-order valence-corrected chi connectivity index (χ2v) is 6.96. The van der Waals surface area contributed by atoms with Crippen LogP contribution in [0, 0.1) is 0 Å². The Morgan fingerprint density at radius 2 is 1.88 bits per heavy atom. The van der Waals surface area contributed by atoms with Crippen molar-refractivity contribution in [2.24, 2.45) is 0 Å². The molecule has 0 radical (unpaired) electrons. The minimum atomic E-state index is 0.254. The van der Waals surface area contributed by atoms with E-state index < -0.39 is 0 Å². The smallest absolute Gasteiger partial charge is 0.0411 e. The Kier molecular flexibility index (Phi) is 4.16. The molecule has 1 aliphatic rings. The van der Waals surface area contributed by atoms with E-state index in [0.717, 1.165) is 6.54 Å². The van der Waals surface area contributed by atoms with Crippen LogP contribution >= 0.6 is 11.8 Å². The van der Waals surface area contributed by atoms with E-state index in [1.165, 1.54) is 29.1 Å². The fourth-order valence-electron chi connectivity index (χ4n) is 2.14. The Bertz CT molecular complexity index is 342. The molecule has 1 N–H and O–H groups in total. The lowest BCUT2D eigenvalue weighted by Crippen LogP contribution is -2.22. The predicted octanol–water partition coefficient (Wildman–Crippen LogP) is 3.75. The van der Waals surface area contributed by atoms with Crippen molar-refractivity contribution >= 4 is 11.8 Å². The molecule has 1 aromatic carbocycles. The second kappa shape index (κ2) is 5.45. The van der Waals surface area contributed by atoms with Crippen molar-refractivity contribution in [1.29, 1.82) is 0 Å². The molecule has 1 unspecified atom stereocenters. The molecule has 1 saturated heterocycles. The highest BCUT2D eigenvalue weighted by Crippen LogP contribution is 2.26. The molecule has 0 aliphatic carbocycles. The van der Waals surface area contributed by atoms with Gasteiger partial charge in [-0.1, -0.05) is 45.0 Å². The molecule has 1 nitrogen and oxygen atoms in total. The molecule has 1 heterocycles. The summed E-state index contributed by atoms with van der Waals surface area (Å²) in [5, 5.41) is 3.64. The summed E-state index contributed by atoms with van der Waals surface area (Å²) in [6.07, 6.45) is 1.29. The van der Waals surface area contributed by atoms with Crippen LogP contribution in [0.25, 0.3) is 0 Å². The molecule has 1 atom stereocenters. The third-order valence-electron chi connectivity index (χ3n) is 3.32. The van der Waals surface area contributed by atoms with Gasteiger partial charge in [-0.15, -0.1) is 0 Å². The Balaban J connectivity index is 2.11. The first-order valence-corrected chi connectivity index (χ1v) is 7.64. The van der Waals surface area contributed by atoms with Gasteiger partial charge < -0.3 is 5.32 Å². The van der Waals surface area contributed by atoms with Crippen LogP contribution in [-0.4, -0.2) is 18.1 Å². The molecule has 1 fully saturated rings. The topological polar surface area (TPSA) is 12.0 Å². The summed E-state index contributed by atoms with van der Waals surface area (Å²) >= 11 is 2.07. The lowest BCUT2D eigenvalue weighted by Gasteiger charge is -2.21. The van der Waals surface area contributed by atoms with E-state index in [0.29, 0.717) is 6.04 Å². The maximum absolute atomic E-state index is 3.64. The molecule has 2 rings (SSSR count). The van der Waals surface area contributed by atoms with Crippen LogP contribution in [0.15, 0.2) is 24.3 Å². The molecule has 1 aliphatic heterocycles. The highest BCUT2D eigenvalue weighted by atomic mass is 32.2. The normalized spacial score (nSPS) is 22.2. The van der Waals surface area contributed by atoms with Crippen LogP contribution < -0.4 is 5.32 Å². The lowest BCUT2D eigenvalue weighted by atomic mass is 9.86. The maximum atomic E-state index is 3.64. The van der Waals surface area contributed by atoms with E-state index in [1.807, 2.05) is 0 Å². The molecule has 1 aromatic rings. The van der Waals surface area contributed by atoms with Gasteiger partial charge in [-0.25, -0.2) is 0 Å². The van der Waals surface area contributed by atoms with Gasteiger partial charge in [0, 0.05) is 11.8 Å². The van der Waals surface area contributed by atoms with Crippen molar-refractivity contribution in [2.45, 2.75) is 38.6 Å². The summed E-state index contributed by atoms with van der Waals surface area (Å²) < 4.78 is 0. The summed E-state index contributed by atoms with van der Waals surface area (Å²) in [5.74, 6) is 2.50. The zero-order valence-electron chi connectivity index (χ0n) is 11.1. The Morgan fingerprint density at radius 1 is 1.18 bits per heavy atom. The first kappa shape index (κ1) is 13.0. The molecule has 0 spiro atoms. The van der Waals surface area contributed by atoms with Gasteiger partial charge in [0.25, 0.3) is 0 Å². The molecule has 94 valence electrons. The standard InChI is InChI=1S/C15H23NS/c1-15(2,3)13-7-5-12(6-8-13)14-11-17-10-4-9-16-14/h5-8,14,16H,4,9-11H2,1-3H3. The summed E-state index contributed by atoms with van der Waals surface area (Å²) in [6.45, 7) is 7.95. The monoisotopic (exact) mass is 249 g/mol. The minimum Gasteiger partial charge on any atom is -0.309 e. The summed E-state index contributed by atoms with van der Waals surface area (Å²) in [5.41, 5.74) is 3.11. The predicted molar refractivity (Wildman–Crippen MR) is 77.8 cm³/mol. The largest absolute Gasteiger partial charge is 0.309 e. The molecular weight excluding hydrogens is 226 g/mol. The highest BCUT2D eigenvalue weighted by Gasteiger charge is 2.16. The Hall–Kier alpha value is -0.470. The van der Waals surface area contributed by atoms with Crippen LogP contribution in [0.3, 0.4) is 0 Å². The number of thioether (sulfide) groups is 1. The van der Waals surface area contributed by atoms with Gasteiger partial charge in [0.2, 0.25) is 0 Å². The number of nitrogens with one attached hydrogen (secondary N) is 1. The highest BCUT2D eigenvalue weighted by molar-refractivity contribution is 7.99. The Labute approximate surface area is 109 Å². The molecule has 0 amide bonds. The molecule has 2 heteroatoms. The maximum Gasteiger partial charge on any atom is 0.0411 e. The minimum absolute atomic E-state index is 0.254. The fraction of sp³-hybridized carbons (Fsp3) is 0.600. The van der Waals surface area contributed by atoms with E-state index in [1.54, 1.807) is 0 Å².